The fraction of sp³-hybridized carbons (Fsp3) is 0.583. The van der Waals surface area contributed by atoms with E-state index in [4.69, 9.17) is 10.5 Å². The Kier molecular flexibility index (Phi) is 4.35. The van der Waals surface area contributed by atoms with Crippen LogP contribution in [0.3, 0.4) is 0 Å². The minimum atomic E-state index is -0.369. The van der Waals surface area contributed by atoms with E-state index in [-0.39, 0.29) is 11.2 Å². The number of ether oxygens (including phenoxy) is 1. The standard InChI is InChI=1S/C12H19N5O3/c1-15-8-14-10-9(15)11(18)17(5-3-4-13)12(19)16(10)6-7-20-2/h8H,3-7,13H2,1-2H3. The lowest BCUT2D eigenvalue weighted by Crippen LogP contribution is -2.41. The Morgan fingerprint density at radius 1 is 1.30 bits per heavy atom. The Hall–Kier alpha value is -1.93. The van der Waals surface area contributed by atoms with E-state index in [0.717, 1.165) is 0 Å². The van der Waals surface area contributed by atoms with Gasteiger partial charge < -0.3 is 15.0 Å². The molecule has 0 unspecified atom stereocenters. The molecule has 0 saturated heterocycles. The molecule has 0 fully saturated rings. The van der Waals surface area contributed by atoms with Crippen LogP contribution < -0.4 is 17.0 Å². The zero-order valence-corrected chi connectivity index (χ0v) is 11.7. The summed E-state index contributed by atoms with van der Waals surface area (Å²) in [6.45, 7) is 1.46. The molecule has 2 aromatic rings. The Balaban J connectivity index is 2.69. The number of imidazole rings is 1. The van der Waals surface area contributed by atoms with Crippen molar-refractivity contribution in [3.8, 4) is 0 Å². The number of nitrogens with two attached hydrogens (primary N) is 1. The van der Waals surface area contributed by atoms with E-state index in [1.54, 1.807) is 18.7 Å². The third-order valence-corrected chi connectivity index (χ3v) is 3.19. The maximum atomic E-state index is 12.4. The van der Waals surface area contributed by atoms with Gasteiger partial charge in [-0.05, 0) is 13.0 Å². The average Bonchev–Trinajstić information content (AvgIpc) is 2.81. The van der Waals surface area contributed by atoms with Gasteiger partial charge in [0.15, 0.2) is 11.2 Å². The molecule has 20 heavy (non-hydrogen) atoms. The van der Waals surface area contributed by atoms with Crippen LogP contribution in [-0.4, -0.2) is 38.9 Å². The highest BCUT2D eigenvalue weighted by Gasteiger charge is 2.16. The van der Waals surface area contributed by atoms with Gasteiger partial charge in [-0.3, -0.25) is 13.9 Å². The molecule has 0 spiro atoms. The highest BCUT2D eigenvalue weighted by molar-refractivity contribution is 5.69. The predicted octanol–water partition coefficient (Wildman–Crippen LogP) is -1.11. The minimum Gasteiger partial charge on any atom is -0.383 e. The largest absolute Gasteiger partial charge is 0.383 e. The molecule has 0 saturated carbocycles. The minimum absolute atomic E-state index is 0.308. The molecule has 0 aliphatic rings. The van der Waals surface area contributed by atoms with E-state index >= 15 is 0 Å². The van der Waals surface area contributed by atoms with E-state index in [0.29, 0.717) is 43.8 Å². The van der Waals surface area contributed by atoms with Crippen molar-refractivity contribution in [2.45, 2.75) is 19.5 Å². The van der Waals surface area contributed by atoms with Crippen LogP contribution in [0.2, 0.25) is 0 Å². The fourth-order valence-corrected chi connectivity index (χ4v) is 2.14. The first-order chi connectivity index (χ1) is 9.61. The number of fused-ring (bicyclic) bond motifs is 1. The van der Waals surface area contributed by atoms with Gasteiger partial charge in [0.25, 0.3) is 5.56 Å². The summed E-state index contributed by atoms with van der Waals surface area (Å²) in [6.07, 6.45) is 2.10. The van der Waals surface area contributed by atoms with Crippen LogP contribution in [0.25, 0.3) is 11.2 Å². The van der Waals surface area contributed by atoms with Crippen LogP contribution >= 0.6 is 0 Å². The van der Waals surface area contributed by atoms with Gasteiger partial charge in [0.2, 0.25) is 0 Å². The summed E-state index contributed by atoms with van der Waals surface area (Å²) < 4.78 is 9.31. The third kappa shape index (κ3) is 2.39. The van der Waals surface area contributed by atoms with Gasteiger partial charge in [0.1, 0.15) is 0 Å². The Bertz CT molecular complexity index is 712. The summed E-state index contributed by atoms with van der Waals surface area (Å²) in [5.41, 5.74) is 5.57. The third-order valence-electron chi connectivity index (χ3n) is 3.19. The quantitative estimate of drug-likeness (QED) is 0.724. The molecular formula is C12H19N5O3. The SMILES string of the molecule is COCCn1c(=O)n(CCCN)c(=O)c2c1ncn2C. The lowest BCUT2D eigenvalue weighted by atomic mass is 10.4. The van der Waals surface area contributed by atoms with Crippen LogP contribution in [0, 0.1) is 0 Å². The first-order valence-electron chi connectivity index (χ1n) is 6.45. The topological polar surface area (TPSA) is 97.1 Å². The summed E-state index contributed by atoms with van der Waals surface area (Å²) in [5.74, 6) is 0. The molecule has 2 N–H and O–H groups in total. The van der Waals surface area contributed by atoms with Crippen molar-refractivity contribution in [3.63, 3.8) is 0 Å². The molecule has 8 heteroatoms. The molecule has 2 heterocycles. The second kappa shape index (κ2) is 6.02. The zero-order chi connectivity index (χ0) is 14.7. The van der Waals surface area contributed by atoms with E-state index in [2.05, 4.69) is 4.98 Å². The molecule has 2 aromatic heterocycles. The number of rotatable bonds is 6. The highest BCUT2D eigenvalue weighted by Crippen LogP contribution is 2.04. The van der Waals surface area contributed by atoms with E-state index in [1.807, 2.05) is 0 Å². The molecule has 0 bridgehead atoms. The van der Waals surface area contributed by atoms with Crippen molar-refractivity contribution in [3.05, 3.63) is 27.2 Å². The van der Waals surface area contributed by atoms with Gasteiger partial charge in [0, 0.05) is 20.7 Å². The summed E-state index contributed by atoms with van der Waals surface area (Å²) >= 11 is 0. The maximum absolute atomic E-state index is 12.4. The number of hydrogen-bond acceptors (Lipinski definition) is 5. The van der Waals surface area contributed by atoms with Gasteiger partial charge in [-0.15, -0.1) is 0 Å². The number of hydrogen-bond donors (Lipinski definition) is 1. The van der Waals surface area contributed by atoms with Crippen LogP contribution in [-0.2, 0) is 24.9 Å². The van der Waals surface area contributed by atoms with Gasteiger partial charge >= 0.3 is 5.69 Å². The lowest BCUT2D eigenvalue weighted by Gasteiger charge is -2.11. The van der Waals surface area contributed by atoms with Gasteiger partial charge in [0.05, 0.1) is 19.5 Å². The van der Waals surface area contributed by atoms with E-state index in [1.165, 1.54) is 15.5 Å². The molecule has 8 nitrogen and oxygen atoms in total. The Morgan fingerprint density at radius 2 is 2.05 bits per heavy atom. The van der Waals surface area contributed by atoms with Crippen LogP contribution in [0.1, 0.15) is 6.42 Å². The Labute approximate surface area is 115 Å². The van der Waals surface area contributed by atoms with Crippen LogP contribution in [0.5, 0.6) is 0 Å². The molecule has 0 amide bonds. The molecule has 0 atom stereocenters. The molecule has 0 radical (unpaired) electrons. The van der Waals surface area contributed by atoms with Crippen LogP contribution in [0.15, 0.2) is 15.9 Å². The van der Waals surface area contributed by atoms with Crippen molar-refractivity contribution in [1.82, 2.24) is 18.7 Å². The highest BCUT2D eigenvalue weighted by atomic mass is 16.5. The van der Waals surface area contributed by atoms with Crippen LogP contribution in [0.4, 0.5) is 0 Å². The fourth-order valence-electron chi connectivity index (χ4n) is 2.14. The number of aryl methyl sites for hydroxylation is 1. The van der Waals surface area contributed by atoms with E-state index < -0.39 is 0 Å². The van der Waals surface area contributed by atoms with Crippen molar-refractivity contribution < 1.29 is 4.74 Å². The van der Waals surface area contributed by atoms with Crippen molar-refractivity contribution in [1.29, 1.82) is 0 Å². The molecule has 0 aliphatic heterocycles. The summed E-state index contributed by atoms with van der Waals surface area (Å²) in [7, 11) is 3.29. The zero-order valence-electron chi connectivity index (χ0n) is 11.7. The lowest BCUT2D eigenvalue weighted by molar-refractivity contribution is 0.186. The van der Waals surface area contributed by atoms with Gasteiger partial charge in [-0.25, -0.2) is 9.78 Å². The van der Waals surface area contributed by atoms with Gasteiger partial charge in [-0.1, -0.05) is 0 Å². The molecule has 0 aliphatic carbocycles. The first kappa shape index (κ1) is 14.5. The molecule has 2 rings (SSSR count). The predicted molar refractivity (Wildman–Crippen MR) is 74.8 cm³/mol. The normalized spacial score (nSPS) is 11.3. The number of nitrogens with zero attached hydrogens (tertiary/aromatic N) is 4. The van der Waals surface area contributed by atoms with E-state index in [9.17, 15) is 9.59 Å². The molecular weight excluding hydrogens is 262 g/mol. The number of aromatic nitrogens is 4. The first-order valence-corrected chi connectivity index (χ1v) is 6.45. The van der Waals surface area contributed by atoms with Crippen molar-refractivity contribution >= 4 is 11.2 Å². The molecule has 110 valence electrons. The van der Waals surface area contributed by atoms with Crippen molar-refractivity contribution in [2.75, 3.05) is 20.3 Å². The second-order valence-electron chi connectivity index (χ2n) is 4.55. The Morgan fingerprint density at radius 3 is 2.70 bits per heavy atom. The van der Waals surface area contributed by atoms with Gasteiger partial charge in [-0.2, -0.15) is 0 Å². The summed E-state index contributed by atoms with van der Waals surface area (Å²) in [4.78, 5) is 28.9. The second-order valence-corrected chi connectivity index (χ2v) is 4.55. The monoisotopic (exact) mass is 281 g/mol. The maximum Gasteiger partial charge on any atom is 0.332 e. The summed E-state index contributed by atoms with van der Waals surface area (Å²) in [5, 5.41) is 0. The summed E-state index contributed by atoms with van der Waals surface area (Å²) in [6, 6.07) is 0. The number of methoxy groups -OCH3 is 1. The smallest absolute Gasteiger partial charge is 0.332 e. The average molecular weight is 281 g/mol. The van der Waals surface area contributed by atoms with Crippen molar-refractivity contribution in [2.24, 2.45) is 12.8 Å². The molecule has 0 aromatic carbocycles.